The van der Waals surface area contributed by atoms with Crippen LogP contribution in [0.5, 0.6) is 5.75 Å². The molecule has 25 heavy (non-hydrogen) atoms. The summed E-state index contributed by atoms with van der Waals surface area (Å²) in [4.78, 5) is 0. The van der Waals surface area contributed by atoms with E-state index in [0.29, 0.717) is 0 Å². The Hall–Kier alpha value is -1.06. The standard InChI is InChI=1S/C22H39NO2/c1-4-15-22(23,18-24)16-14-20-10-12-21(13-11-20)25-17-8-6-5-7-9-19(2)3/h10-13,19,24H,4-9,14-18,23H2,1-3H3. The Balaban J connectivity index is 2.23. The van der Waals surface area contributed by atoms with E-state index >= 15 is 0 Å². The predicted octanol–water partition coefficient (Wildman–Crippen LogP) is 5.09. The van der Waals surface area contributed by atoms with E-state index in [1.807, 2.05) is 12.1 Å². The number of aliphatic hydroxyl groups excluding tert-OH is 1. The first-order valence-corrected chi connectivity index (χ1v) is 10.1. The largest absolute Gasteiger partial charge is 0.494 e. The molecule has 1 aromatic carbocycles. The summed E-state index contributed by atoms with van der Waals surface area (Å²) in [7, 11) is 0. The summed E-state index contributed by atoms with van der Waals surface area (Å²) in [6.07, 6.45) is 9.93. The van der Waals surface area contributed by atoms with Crippen LogP contribution in [0.4, 0.5) is 0 Å². The lowest BCUT2D eigenvalue weighted by molar-refractivity contribution is 0.177. The summed E-state index contributed by atoms with van der Waals surface area (Å²) in [5.41, 5.74) is 7.05. The molecular weight excluding hydrogens is 310 g/mol. The fraction of sp³-hybridized carbons (Fsp3) is 0.727. The van der Waals surface area contributed by atoms with Gasteiger partial charge in [-0.3, -0.25) is 0 Å². The van der Waals surface area contributed by atoms with E-state index in [2.05, 4.69) is 32.9 Å². The van der Waals surface area contributed by atoms with Gasteiger partial charge in [0, 0.05) is 5.54 Å². The monoisotopic (exact) mass is 349 g/mol. The number of ether oxygens (including phenoxy) is 1. The molecule has 0 aromatic heterocycles. The first-order chi connectivity index (χ1) is 12.0. The molecule has 0 aliphatic carbocycles. The van der Waals surface area contributed by atoms with Crippen molar-refractivity contribution in [2.45, 2.75) is 84.1 Å². The second kappa shape index (κ2) is 12.3. The van der Waals surface area contributed by atoms with Gasteiger partial charge in [-0.05, 0) is 49.3 Å². The van der Waals surface area contributed by atoms with Gasteiger partial charge in [0.05, 0.1) is 13.2 Å². The predicted molar refractivity (Wildman–Crippen MR) is 107 cm³/mol. The highest BCUT2D eigenvalue weighted by atomic mass is 16.5. The van der Waals surface area contributed by atoms with Gasteiger partial charge in [0.2, 0.25) is 0 Å². The molecule has 0 amide bonds. The van der Waals surface area contributed by atoms with Crippen LogP contribution in [0.2, 0.25) is 0 Å². The summed E-state index contributed by atoms with van der Waals surface area (Å²) in [5, 5.41) is 9.49. The van der Waals surface area contributed by atoms with Crippen molar-refractivity contribution in [1.29, 1.82) is 0 Å². The lowest BCUT2D eigenvalue weighted by Crippen LogP contribution is -2.43. The van der Waals surface area contributed by atoms with Crippen LogP contribution in [0, 0.1) is 5.92 Å². The molecule has 0 bridgehead atoms. The van der Waals surface area contributed by atoms with Crippen molar-refractivity contribution >= 4 is 0 Å². The van der Waals surface area contributed by atoms with Gasteiger partial charge >= 0.3 is 0 Å². The zero-order valence-electron chi connectivity index (χ0n) is 16.6. The van der Waals surface area contributed by atoms with Gasteiger partial charge in [-0.2, -0.15) is 0 Å². The van der Waals surface area contributed by atoms with Crippen LogP contribution in [-0.4, -0.2) is 23.9 Å². The average Bonchev–Trinajstić information content (AvgIpc) is 2.60. The smallest absolute Gasteiger partial charge is 0.119 e. The number of hydrogen-bond donors (Lipinski definition) is 2. The fourth-order valence-corrected chi connectivity index (χ4v) is 3.12. The molecule has 0 saturated carbocycles. The Kier molecular flexibility index (Phi) is 10.8. The van der Waals surface area contributed by atoms with E-state index in [1.165, 1.54) is 31.2 Å². The van der Waals surface area contributed by atoms with Crippen molar-refractivity contribution < 1.29 is 9.84 Å². The minimum Gasteiger partial charge on any atom is -0.494 e. The number of benzene rings is 1. The van der Waals surface area contributed by atoms with Gasteiger partial charge in [-0.15, -0.1) is 0 Å². The Morgan fingerprint density at radius 2 is 1.72 bits per heavy atom. The highest BCUT2D eigenvalue weighted by Gasteiger charge is 2.22. The van der Waals surface area contributed by atoms with E-state index in [-0.39, 0.29) is 6.61 Å². The minimum atomic E-state index is -0.445. The maximum Gasteiger partial charge on any atom is 0.119 e. The first-order valence-electron chi connectivity index (χ1n) is 10.1. The fourth-order valence-electron chi connectivity index (χ4n) is 3.12. The molecule has 1 unspecified atom stereocenters. The van der Waals surface area contributed by atoms with Crippen LogP contribution >= 0.6 is 0 Å². The summed E-state index contributed by atoms with van der Waals surface area (Å²) >= 11 is 0. The number of nitrogens with two attached hydrogens (primary N) is 1. The zero-order chi connectivity index (χ0) is 18.5. The Labute approximate surface area is 155 Å². The van der Waals surface area contributed by atoms with Crippen LogP contribution in [0.3, 0.4) is 0 Å². The van der Waals surface area contributed by atoms with Crippen LogP contribution in [0.25, 0.3) is 0 Å². The molecule has 3 N–H and O–H groups in total. The molecule has 0 fully saturated rings. The number of unbranched alkanes of at least 4 members (excludes halogenated alkanes) is 3. The third-order valence-electron chi connectivity index (χ3n) is 4.84. The lowest BCUT2D eigenvalue weighted by Gasteiger charge is -2.26. The highest BCUT2D eigenvalue weighted by molar-refractivity contribution is 5.27. The van der Waals surface area contributed by atoms with Crippen LogP contribution in [-0.2, 0) is 6.42 Å². The van der Waals surface area contributed by atoms with E-state index in [9.17, 15) is 5.11 Å². The van der Waals surface area contributed by atoms with Gasteiger partial charge in [0.25, 0.3) is 0 Å². The normalized spacial score (nSPS) is 13.8. The summed E-state index contributed by atoms with van der Waals surface area (Å²) < 4.78 is 5.83. The average molecular weight is 350 g/mol. The van der Waals surface area contributed by atoms with Crippen molar-refractivity contribution in [3.8, 4) is 5.75 Å². The molecule has 0 heterocycles. The SMILES string of the molecule is CCCC(N)(CO)CCc1ccc(OCCCCCCC(C)C)cc1. The summed E-state index contributed by atoms with van der Waals surface area (Å²) in [5.74, 6) is 1.76. The maximum absolute atomic E-state index is 9.49. The van der Waals surface area contributed by atoms with Crippen LogP contribution in [0.1, 0.15) is 77.7 Å². The van der Waals surface area contributed by atoms with Crippen molar-refractivity contribution in [2.75, 3.05) is 13.2 Å². The second-order valence-electron chi connectivity index (χ2n) is 7.86. The lowest BCUT2D eigenvalue weighted by atomic mass is 9.89. The Morgan fingerprint density at radius 1 is 1.04 bits per heavy atom. The molecule has 144 valence electrons. The van der Waals surface area contributed by atoms with E-state index in [0.717, 1.165) is 50.4 Å². The number of rotatable bonds is 14. The molecule has 3 nitrogen and oxygen atoms in total. The van der Waals surface area contributed by atoms with Crippen LogP contribution in [0.15, 0.2) is 24.3 Å². The molecule has 0 aliphatic heterocycles. The van der Waals surface area contributed by atoms with Gasteiger partial charge in [-0.1, -0.05) is 65.0 Å². The number of aryl methyl sites for hydroxylation is 1. The van der Waals surface area contributed by atoms with Gasteiger partial charge in [0.1, 0.15) is 5.75 Å². The van der Waals surface area contributed by atoms with Gasteiger partial charge in [-0.25, -0.2) is 0 Å². The summed E-state index contributed by atoms with van der Waals surface area (Å²) in [6, 6.07) is 8.32. The van der Waals surface area contributed by atoms with Crippen molar-refractivity contribution in [1.82, 2.24) is 0 Å². The second-order valence-corrected chi connectivity index (χ2v) is 7.86. The third-order valence-corrected chi connectivity index (χ3v) is 4.84. The maximum atomic E-state index is 9.49. The molecule has 3 heteroatoms. The topological polar surface area (TPSA) is 55.5 Å². The molecule has 1 atom stereocenters. The molecule has 1 aromatic rings. The molecule has 1 rings (SSSR count). The highest BCUT2D eigenvalue weighted by Crippen LogP contribution is 2.19. The van der Waals surface area contributed by atoms with Crippen molar-refractivity contribution in [3.63, 3.8) is 0 Å². The van der Waals surface area contributed by atoms with Crippen molar-refractivity contribution in [2.24, 2.45) is 11.7 Å². The Bertz CT molecular complexity index is 444. The molecular formula is C22H39NO2. The summed E-state index contributed by atoms with van der Waals surface area (Å²) in [6.45, 7) is 7.53. The first kappa shape index (κ1) is 22.0. The number of aliphatic hydroxyl groups is 1. The van der Waals surface area contributed by atoms with E-state index < -0.39 is 5.54 Å². The third kappa shape index (κ3) is 9.86. The molecule has 0 saturated heterocycles. The van der Waals surface area contributed by atoms with E-state index in [1.54, 1.807) is 0 Å². The quantitative estimate of drug-likeness (QED) is 0.460. The van der Waals surface area contributed by atoms with Crippen molar-refractivity contribution in [3.05, 3.63) is 29.8 Å². The van der Waals surface area contributed by atoms with E-state index in [4.69, 9.17) is 10.5 Å². The zero-order valence-corrected chi connectivity index (χ0v) is 16.6. The molecule has 0 aliphatic rings. The van der Waals surface area contributed by atoms with Gasteiger partial charge in [0.15, 0.2) is 0 Å². The molecule has 0 spiro atoms. The van der Waals surface area contributed by atoms with Crippen LogP contribution < -0.4 is 10.5 Å². The molecule has 0 radical (unpaired) electrons. The Morgan fingerprint density at radius 3 is 2.32 bits per heavy atom. The minimum absolute atomic E-state index is 0.0548. The number of hydrogen-bond acceptors (Lipinski definition) is 3. The van der Waals surface area contributed by atoms with Gasteiger partial charge < -0.3 is 15.6 Å².